The molecule has 0 spiro atoms. The van der Waals surface area contributed by atoms with E-state index >= 15 is 0 Å². The summed E-state index contributed by atoms with van der Waals surface area (Å²) in [5, 5.41) is 21.2. The summed E-state index contributed by atoms with van der Waals surface area (Å²) in [6.45, 7) is 2.74. The van der Waals surface area contributed by atoms with Crippen LogP contribution in [0.25, 0.3) is 0 Å². The third-order valence-corrected chi connectivity index (χ3v) is 3.98. The normalized spacial score (nSPS) is 19.4. The van der Waals surface area contributed by atoms with E-state index in [1.54, 1.807) is 16.5 Å². The first kappa shape index (κ1) is 14.6. The number of aryl methyl sites for hydroxylation is 1. The van der Waals surface area contributed by atoms with Crippen LogP contribution in [0.5, 0.6) is 0 Å². The Balaban J connectivity index is 1.86. The van der Waals surface area contributed by atoms with Crippen molar-refractivity contribution in [3.63, 3.8) is 0 Å². The van der Waals surface area contributed by atoms with Gasteiger partial charge in [0, 0.05) is 19.5 Å². The highest BCUT2D eigenvalue weighted by atomic mass is 16.3. The molecule has 1 amide bonds. The van der Waals surface area contributed by atoms with Crippen molar-refractivity contribution in [2.45, 2.75) is 31.9 Å². The number of benzene rings is 1. The highest BCUT2D eigenvalue weighted by molar-refractivity contribution is 5.81. The van der Waals surface area contributed by atoms with Crippen LogP contribution in [-0.4, -0.2) is 55.3 Å². The molecule has 3 rings (SSSR count). The Labute approximate surface area is 128 Å². The largest absolute Gasteiger partial charge is 0.391 e. The molecule has 1 aromatic carbocycles. The van der Waals surface area contributed by atoms with Crippen LogP contribution in [0.1, 0.15) is 23.9 Å². The lowest BCUT2D eigenvalue weighted by Gasteiger charge is -2.23. The monoisotopic (exact) mass is 301 g/mol. The van der Waals surface area contributed by atoms with Gasteiger partial charge >= 0.3 is 0 Å². The van der Waals surface area contributed by atoms with Crippen molar-refractivity contribution in [1.82, 2.24) is 25.1 Å². The van der Waals surface area contributed by atoms with Crippen LogP contribution in [-0.2, 0) is 11.2 Å². The van der Waals surface area contributed by atoms with Gasteiger partial charge in [0.1, 0.15) is 11.9 Å². The van der Waals surface area contributed by atoms with E-state index in [0.717, 1.165) is 5.56 Å². The van der Waals surface area contributed by atoms with Crippen LogP contribution in [0, 0.1) is 6.92 Å². The molecule has 0 bridgehead atoms. The average molecular weight is 301 g/mol. The second-order valence-electron chi connectivity index (χ2n) is 5.60. The van der Waals surface area contributed by atoms with E-state index in [4.69, 9.17) is 0 Å². The number of hydrogen-bond donors (Lipinski definition) is 1. The molecule has 0 saturated carbocycles. The van der Waals surface area contributed by atoms with E-state index in [0.29, 0.717) is 31.8 Å². The van der Waals surface area contributed by atoms with Crippen LogP contribution in [0.2, 0.25) is 0 Å². The Kier molecular flexibility index (Phi) is 4.15. The third kappa shape index (κ3) is 2.99. The van der Waals surface area contributed by atoms with Crippen LogP contribution in [0.4, 0.5) is 0 Å². The Bertz CT molecular complexity index is 642. The van der Waals surface area contributed by atoms with E-state index in [1.165, 1.54) is 0 Å². The number of aliphatic hydroxyl groups is 1. The van der Waals surface area contributed by atoms with Gasteiger partial charge in [0.05, 0.1) is 6.10 Å². The predicted molar refractivity (Wildman–Crippen MR) is 78.9 cm³/mol. The number of amides is 1. The lowest BCUT2D eigenvalue weighted by atomic mass is 10.0. The van der Waals surface area contributed by atoms with Gasteiger partial charge in [-0.2, -0.15) is 0 Å². The van der Waals surface area contributed by atoms with Crippen LogP contribution >= 0.6 is 0 Å². The maximum atomic E-state index is 12.8. The standard InChI is InChI=1S/C15H19N5O2/c1-11-16-17-18-20(11)14(9-12-5-3-2-4-6-12)15(22)19-8-7-13(21)10-19/h2-6,13-14,21H,7-10H2,1H3/t13-,14?/m1/s1. The number of likely N-dealkylation sites (tertiary alicyclic amines) is 1. The predicted octanol–water partition coefficient (Wildman–Crippen LogP) is 0.359. The van der Waals surface area contributed by atoms with Crippen molar-refractivity contribution in [3.05, 3.63) is 41.7 Å². The van der Waals surface area contributed by atoms with Crippen molar-refractivity contribution in [2.75, 3.05) is 13.1 Å². The first-order chi connectivity index (χ1) is 10.6. The summed E-state index contributed by atoms with van der Waals surface area (Å²) in [6.07, 6.45) is 0.715. The molecule has 2 aromatic rings. The Morgan fingerprint density at radius 3 is 2.77 bits per heavy atom. The average Bonchev–Trinajstić information content (AvgIpc) is 3.14. The van der Waals surface area contributed by atoms with Gasteiger partial charge in [-0.3, -0.25) is 4.79 Å². The van der Waals surface area contributed by atoms with E-state index < -0.39 is 12.1 Å². The summed E-state index contributed by atoms with van der Waals surface area (Å²) < 4.78 is 1.57. The molecule has 0 radical (unpaired) electrons. The number of aliphatic hydroxyl groups excluding tert-OH is 1. The fourth-order valence-electron chi connectivity index (χ4n) is 2.79. The van der Waals surface area contributed by atoms with Gasteiger partial charge in [-0.15, -0.1) is 5.10 Å². The summed E-state index contributed by atoms with van der Waals surface area (Å²) in [6, 6.07) is 9.32. The number of β-amino-alcohol motifs (C(OH)–C–C–N with tert-alkyl or cyclic N) is 1. The van der Waals surface area contributed by atoms with E-state index in [1.807, 2.05) is 30.3 Å². The lowest BCUT2D eigenvalue weighted by molar-refractivity contribution is -0.134. The molecular formula is C15H19N5O2. The maximum Gasteiger partial charge on any atom is 0.248 e. The summed E-state index contributed by atoms with van der Waals surface area (Å²) in [5.74, 6) is 0.560. The van der Waals surface area contributed by atoms with Crippen LogP contribution in [0.15, 0.2) is 30.3 Å². The zero-order valence-corrected chi connectivity index (χ0v) is 12.5. The van der Waals surface area contributed by atoms with E-state index in [-0.39, 0.29) is 5.91 Å². The molecule has 7 nitrogen and oxygen atoms in total. The summed E-state index contributed by atoms with van der Waals surface area (Å²) >= 11 is 0. The van der Waals surface area contributed by atoms with Crippen molar-refractivity contribution in [3.8, 4) is 0 Å². The number of carbonyl (C=O) groups excluding carboxylic acids is 1. The van der Waals surface area contributed by atoms with Crippen molar-refractivity contribution in [1.29, 1.82) is 0 Å². The minimum Gasteiger partial charge on any atom is -0.391 e. The molecule has 22 heavy (non-hydrogen) atoms. The van der Waals surface area contributed by atoms with E-state index in [9.17, 15) is 9.90 Å². The van der Waals surface area contributed by atoms with Gasteiger partial charge in [-0.25, -0.2) is 4.68 Å². The van der Waals surface area contributed by atoms with Gasteiger partial charge in [0.2, 0.25) is 5.91 Å². The molecule has 1 saturated heterocycles. The molecule has 1 aliphatic heterocycles. The van der Waals surface area contributed by atoms with Gasteiger partial charge < -0.3 is 10.0 Å². The van der Waals surface area contributed by atoms with Crippen molar-refractivity contribution in [2.24, 2.45) is 0 Å². The summed E-state index contributed by atoms with van der Waals surface area (Å²) in [7, 11) is 0. The molecule has 1 fully saturated rings. The third-order valence-electron chi connectivity index (χ3n) is 3.98. The van der Waals surface area contributed by atoms with E-state index in [2.05, 4.69) is 15.5 Å². The zero-order chi connectivity index (χ0) is 15.5. The van der Waals surface area contributed by atoms with Gasteiger partial charge in [0.15, 0.2) is 0 Å². The highest BCUT2D eigenvalue weighted by Gasteiger charge is 2.32. The molecule has 0 aliphatic carbocycles. The molecular weight excluding hydrogens is 282 g/mol. The second-order valence-corrected chi connectivity index (χ2v) is 5.60. The smallest absolute Gasteiger partial charge is 0.248 e. The Morgan fingerprint density at radius 2 is 2.18 bits per heavy atom. The maximum absolute atomic E-state index is 12.8. The van der Waals surface area contributed by atoms with Gasteiger partial charge in [0.25, 0.3) is 0 Å². The number of rotatable bonds is 4. The quantitative estimate of drug-likeness (QED) is 0.881. The minimum atomic E-state index is -0.484. The van der Waals surface area contributed by atoms with Gasteiger partial charge in [-0.1, -0.05) is 30.3 Å². The highest BCUT2D eigenvalue weighted by Crippen LogP contribution is 2.20. The second kappa shape index (κ2) is 6.23. The van der Waals surface area contributed by atoms with Gasteiger partial charge in [-0.05, 0) is 29.3 Å². The number of hydrogen-bond acceptors (Lipinski definition) is 5. The molecule has 116 valence electrons. The molecule has 1 aliphatic rings. The SMILES string of the molecule is Cc1nnnn1C(Cc1ccccc1)C(=O)N1CC[C@@H](O)C1. The molecule has 2 heterocycles. The first-order valence-electron chi connectivity index (χ1n) is 7.40. The number of nitrogens with zero attached hydrogens (tertiary/aromatic N) is 5. The minimum absolute atomic E-state index is 0.0456. The zero-order valence-electron chi connectivity index (χ0n) is 12.5. The molecule has 1 aromatic heterocycles. The topological polar surface area (TPSA) is 84.1 Å². The van der Waals surface area contributed by atoms with Crippen molar-refractivity contribution >= 4 is 5.91 Å². The summed E-state index contributed by atoms with van der Waals surface area (Å²) in [5.41, 5.74) is 1.05. The number of aromatic nitrogens is 4. The molecule has 1 N–H and O–H groups in total. The molecule has 1 unspecified atom stereocenters. The number of tetrazole rings is 1. The Morgan fingerprint density at radius 1 is 1.41 bits per heavy atom. The lowest BCUT2D eigenvalue weighted by Crippen LogP contribution is -2.38. The van der Waals surface area contributed by atoms with Crippen LogP contribution in [0.3, 0.4) is 0 Å². The molecule has 2 atom stereocenters. The molecule has 7 heteroatoms. The van der Waals surface area contributed by atoms with Crippen molar-refractivity contribution < 1.29 is 9.90 Å². The fourth-order valence-corrected chi connectivity index (χ4v) is 2.79. The summed E-state index contributed by atoms with van der Waals surface area (Å²) in [4.78, 5) is 14.5. The first-order valence-corrected chi connectivity index (χ1v) is 7.40. The van der Waals surface area contributed by atoms with Crippen LogP contribution < -0.4 is 0 Å². The number of carbonyl (C=O) groups is 1. The Hall–Kier alpha value is -2.28. The fraction of sp³-hybridized carbons (Fsp3) is 0.467.